The van der Waals surface area contributed by atoms with Crippen LogP contribution in [0.2, 0.25) is 10.0 Å². The van der Waals surface area contributed by atoms with E-state index in [9.17, 15) is 9.59 Å². The first-order valence-corrected chi connectivity index (χ1v) is 6.47. The number of hydrogen-bond donors (Lipinski definition) is 2. The molecule has 1 atom stereocenters. The maximum Gasteiger partial charge on any atom is 0.251 e. The summed E-state index contributed by atoms with van der Waals surface area (Å²) in [5.74, 6) is -0.452. The number of benzene rings is 1. The molecule has 1 aliphatic rings. The van der Waals surface area contributed by atoms with Gasteiger partial charge in [-0.05, 0) is 18.6 Å². The van der Waals surface area contributed by atoms with Crippen molar-refractivity contribution < 1.29 is 9.59 Å². The number of carbonyl (C=O) groups is 2. The zero-order chi connectivity index (χ0) is 14.2. The molecule has 1 fully saturated rings. The maximum absolute atomic E-state index is 11.9. The lowest BCUT2D eigenvalue weighted by atomic mass is 10.0. The van der Waals surface area contributed by atoms with Gasteiger partial charge in [0, 0.05) is 13.5 Å². The van der Waals surface area contributed by atoms with Crippen molar-refractivity contribution in [2.24, 2.45) is 0 Å². The summed E-state index contributed by atoms with van der Waals surface area (Å²) >= 11 is 11.8. The van der Waals surface area contributed by atoms with E-state index in [4.69, 9.17) is 28.9 Å². The standard InChI is InChI=1S/C12H13Cl2N3O2/c1-17-11(18)3-2-9(12(17)19)16-10-5-7(14)6(13)4-8(10)15/h4-5,9,16H,2-3,15H2,1H3. The van der Waals surface area contributed by atoms with E-state index in [1.165, 1.54) is 13.1 Å². The van der Waals surface area contributed by atoms with Gasteiger partial charge in [0.15, 0.2) is 0 Å². The fourth-order valence-electron chi connectivity index (χ4n) is 1.92. The third kappa shape index (κ3) is 2.77. The SMILES string of the molecule is CN1C(=O)CCC(Nc2cc(Cl)c(Cl)cc2N)C1=O. The Hall–Kier alpha value is -1.46. The summed E-state index contributed by atoms with van der Waals surface area (Å²) in [5, 5.41) is 3.71. The number of nitrogen functional groups attached to an aromatic ring is 1. The molecule has 0 spiro atoms. The van der Waals surface area contributed by atoms with Crippen molar-refractivity contribution in [3.63, 3.8) is 0 Å². The van der Waals surface area contributed by atoms with E-state index in [0.29, 0.717) is 34.3 Å². The van der Waals surface area contributed by atoms with Crippen molar-refractivity contribution in [3.05, 3.63) is 22.2 Å². The maximum atomic E-state index is 11.9. The van der Waals surface area contributed by atoms with Crippen molar-refractivity contribution in [1.82, 2.24) is 4.90 Å². The molecule has 1 heterocycles. The average Bonchev–Trinajstić information content (AvgIpc) is 2.36. The van der Waals surface area contributed by atoms with E-state index in [0.717, 1.165) is 4.90 Å². The van der Waals surface area contributed by atoms with Gasteiger partial charge in [-0.2, -0.15) is 0 Å². The van der Waals surface area contributed by atoms with Gasteiger partial charge >= 0.3 is 0 Å². The lowest BCUT2D eigenvalue weighted by Gasteiger charge is -2.29. The van der Waals surface area contributed by atoms with Crippen LogP contribution < -0.4 is 11.1 Å². The number of nitrogens with two attached hydrogens (primary N) is 1. The van der Waals surface area contributed by atoms with Crippen LogP contribution in [-0.2, 0) is 9.59 Å². The summed E-state index contributed by atoms with van der Waals surface area (Å²) < 4.78 is 0. The highest BCUT2D eigenvalue weighted by Gasteiger charge is 2.31. The number of imide groups is 1. The molecule has 5 nitrogen and oxygen atoms in total. The topological polar surface area (TPSA) is 75.4 Å². The van der Waals surface area contributed by atoms with E-state index in [-0.39, 0.29) is 11.8 Å². The largest absolute Gasteiger partial charge is 0.397 e. The van der Waals surface area contributed by atoms with Crippen molar-refractivity contribution >= 4 is 46.4 Å². The molecule has 1 unspecified atom stereocenters. The first-order chi connectivity index (χ1) is 8.90. The van der Waals surface area contributed by atoms with Crippen molar-refractivity contribution in [2.45, 2.75) is 18.9 Å². The second-order valence-corrected chi connectivity index (χ2v) is 5.19. The van der Waals surface area contributed by atoms with E-state index >= 15 is 0 Å². The third-order valence-electron chi connectivity index (χ3n) is 3.07. The van der Waals surface area contributed by atoms with E-state index in [1.54, 1.807) is 6.07 Å². The number of likely N-dealkylation sites (N-methyl/N-ethyl adjacent to an activating group) is 1. The minimum absolute atomic E-state index is 0.176. The molecule has 1 saturated heterocycles. The molecule has 19 heavy (non-hydrogen) atoms. The minimum Gasteiger partial charge on any atom is -0.397 e. The number of nitrogens with one attached hydrogen (secondary N) is 1. The fourth-order valence-corrected chi connectivity index (χ4v) is 2.26. The van der Waals surface area contributed by atoms with E-state index in [2.05, 4.69) is 5.32 Å². The predicted octanol–water partition coefficient (Wildman–Crippen LogP) is 2.13. The molecule has 1 aliphatic heterocycles. The van der Waals surface area contributed by atoms with Gasteiger partial charge in [-0.1, -0.05) is 23.2 Å². The van der Waals surface area contributed by atoms with Crippen LogP contribution in [0, 0.1) is 0 Å². The number of nitrogens with zero attached hydrogens (tertiary/aromatic N) is 1. The Morgan fingerprint density at radius 2 is 1.95 bits per heavy atom. The fraction of sp³-hybridized carbons (Fsp3) is 0.333. The van der Waals surface area contributed by atoms with Crippen LogP contribution in [0.1, 0.15) is 12.8 Å². The Balaban J connectivity index is 2.20. The molecule has 0 saturated carbocycles. The molecular formula is C12H13Cl2N3O2. The molecular weight excluding hydrogens is 289 g/mol. The second-order valence-electron chi connectivity index (χ2n) is 4.38. The quantitative estimate of drug-likeness (QED) is 0.648. The third-order valence-corrected chi connectivity index (χ3v) is 3.79. The number of piperidine rings is 1. The number of rotatable bonds is 2. The number of anilines is 2. The summed E-state index contributed by atoms with van der Waals surface area (Å²) in [5.41, 5.74) is 6.76. The minimum atomic E-state index is -0.484. The van der Waals surface area contributed by atoms with Crippen LogP contribution >= 0.6 is 23.2 Å². The normalized spacial score (nSPS) is 19.7. The Bertz CT molecular complexity index is 548. The lowest BCUT2D eigenvalue weighted by molar-refractivity contribution is -0.146. The highest BCUT2D eigenvalue weighted by Crippen LogP contribution is 2.31. The van der Waals surface area contributed by atoms with Crippen LogP contribution in [0.4, 0.5) is 11.4 Å². The Morgan fingerprint density at radius 1 is 1.32 bits per heavy atom. The first-order valence-electron chi connectivity index (χ1n) is 5.71. The summed E-state index contributed by atoms with van der Waals surface area (Å²) in [6.07, 6.45) is 0.753. The van der Waals surface area contributed by atoms with Crippen molar-refractivity contribution in [3.8, 4) is 0 Å². The molecule has 2 amide bonds. The predicted molar refractivity (Wildman–Crippen MR) is 75.3 cm³/mol. The molecule has 3 N–H and O–H groups in total. The Morgan fingerprint density at radius 3 is 2.63 bits per heavy atom. The monoisotopic (exact) mass is 301 g/mol. The zero-order valence-corrected chi connectivity index (χ0v) is 11.8. The molecule has 1 aromatic carbocycles. The first kappa shape index (κ1) is 14.0. The molecule has 102 valence electrons. The lowest BCUT2D eigenvalue weighted by Crippen LogP contribution is -2.48. The Kier molecular flexibility index (Phi) is 3.87. The smallest absolute Gasteiger partial charge is 0.251 e. The van der Waals surface area contributed by atoms with Gasteiger partial charge < -0.3 is 11.1 Å². The van der Waals surface area contributed by atoms with Gasteiger partial charge in [0.25, 0.3) is 5.91 Å². The molecule has 0 bridgehead atoms. The highest BCUT2D eigenvalue weighted by molar-refractivity contribution is 6.42. The molecule has 7 heteroatoms. The second kappa shape index (κ2) is 5.27. The number of likely N-dealkylation sites (tertiary alicyclic amines) is 1. The number of amides is 2. The van der Waals surface area contributed by atoms with Crippen molar-refractivity contribution in [2.75, 3.05) is 18.1 Å². The van der Waals surface area contributed by atoms with Crippen LogP contribution in [0.15, 0.2) is 12.1 Å². The molecule has 1 aromatic rings. The molecule has 0 radical (unpaired) electrons. The van der Waals surface area contributed by atoms with Crippen LogP contribution in [0.3, 0.4) is 0 Å². The number of halogens is 2. The molecule has 0 aliphatic carbocycles. The number of hydrogen-bond acceptors (Lipinski definition) is 4. The van der Waals surface area contributed by atoms with Gasteiger partial charge in [0.05, 0.1) is 21.4 Å². The van der Waals surface area contributed by atoms with Crippen LogP contribution in [0.5, 0.6) is 0 Å². The van der Waals surface area contributed by atoms with Crippen LogP contribution in [-0.4, -0.2) is 29.8 Å². The summed E-state index contributed by atoms with van der Waals surface area (Å²) in [6, 6.07) is 2.61. The zero-order valence-electron chi connectivity index (χ0n) is 10.2. The van der Waals surface area contributed by atoms with E-state index < -0.39 is 6.04 Å². The average molecular weight is 302 g/mol. The highest BCUT2D eigenvalue weighted by atomic mass is 35.5. The summed E-state index contributed by atoms with van der Waals surface area (Å²) in [7, 11) is 1.47. The summed E-state index contributed by atoms with van der Waals surface area (Å²) in [6.45, 7) is 0. The Labute approximate surface area is 120 Å². The van der Waals surface area contributed by atoms with Gasteiger partial charge in [-0.3, -0.25) is 14.5 Å². The van der Waals surface area contributed by atoms with Crippen molar-refractivity contribution in [1.29, 1.82) is 0 Å². The summed E-state index contributed by atoms with van der Waals surface area (Å²) in [4.78, 5) is 24.4. The van der Waals surface area contributed by atoms with Gasteiger partial charge in [0.2, 0.25) is 5.91 Å². The number of carbonyl (C=O) groups excluding carboxylic acids is 2. The van der Waals surface area contributed by atoms with Gasteiger partial charge in [-0.25, -0.2) is 0 Å². The molecule has 0 aromatic heterocycles. The molecule has 2 rings (SSSR count). The van der Waals surface area contributed by atoms with E-state index in [1.807, 2.05) is 0 Å². The van der Waals surface area contributed by atoms with Crippen LogP contribution in [0.25, 0.3) is 0 Å². The van der Waals surface area contributed by atoms with Gasteiger partial charge in [0.1, 0.15) is 6.04 Å². The van der Waals surface area contributed by atoms with Gasteiger partial charge in [-0.15, -0.1) is 0 Å².